The second kappa shape index (κ2) is 10.9. The highest BCUT2D eigenvalue weighted by atomic mass is 16.5. The van der Waals surface area contributed by atoms with Gasteiger partial charge in [0, 0.05) is 50.2 Å². The molecule has 0 saturated heterocycles. The third-order valence-corrected chi connectivity index (χ3v) is 6.25. The molecule has 2 N–H and O–H groups in total. The minimum atomic E-state index is -0.445. The zero-order valence-corrected chi connectivity index (χ0v) is 19.3. The van der Waals surface area contributed by atoms with Crippen LogP contribution in [0.1, 0.15) is 16.7 Å². The van der Waals surface area contributed by atoms with E-state index in [1.807, 2.05) is 30.3 Å². The smallest absolute Gasteiger partial charge is 0.153 e. The Bertz CT molecular complexity index is 1080. The van der Waals surface area contributed by atoms with E-state index in [1.54, 1.807) is 6.20 Å². The fourth-order valence-corrected chi connectivity index (χ4v) is 4.57. The number of nitrogens with one attached hydrogen (secondary N) is 1. The lowest BCUT2D eigenvalue weighted by Gasteiger charge is -2.32. The number of aromatic nitrogens is 2. The molecule has 3 aromatic rings. The SMILES string of the molecule is O[C@@H](CN1CCOc2ccc(Nc3cccnn3)cc2COC1)CN1CCc2ccccc2C1. The normalized spacial score (nSPS) is 17.9. The summed E-state index contributed by atoms with van der Waals surface area (Å²) in [5.41, 5.74) is 4.67. The second-order valence-corrected chi connectivity index (χ2v) is 8.87. The maximum absolute atomic E-state index is 10.8. The first-order chi connectivity index (χ1) is 16.7. The molecule has 0 saturated carbocycles. The molecule has 5 rings (SSSR count). The van der Waals surface area contributed by atoms with Crippen LogP contribution in [0.2, 0.25) is 0 Å². The van der Waals surface area contributed by atoms with Crippen LogP contribution in [0.5, 0.6) is 5.75 Å². The van der Waals surface area contributed by atoms with Crippen LogP contribution >= 0.6 is 0 Å². The van der Waals surface area contributed by atoms with Crippen LogP contribution < -0.4 is 10.1 Å². The molecule has 0 radical (unpaired) electrons. The van der Waals surface area contributed by atoms with Gasteiger partial charge in [0.05, 0.1) is 19.4 Å². The van der Waals surface area contributed by atoms with Gasteiger partial charge in [-0.1, -0.05) is 24.3 Å². The summed E-state index contributed by atoms with van der Waals surface area (Å²) in [4.78, 5) is 4.45. The molecule has 2 aliphatic heterocycles. The first-order valence-corrected chi connectivity index (χ1v) is 11.8. The van der Waals surface area contributed by atoms with Gasteiger partial charge in [-0.3, -0.25) is 9.80 Å². The summed E-state index contributed by atoms with van der Waals surface area (Å²) < 4.78 is 12.0. The average Bonchev–Trinajstić information content (AvgIpc) is 2.94. The Labute approximate surface area is 200 Å². The monoisotopic (exact) mass is 461 g/mol. The Kier molecular flexibility index (Phi) is 7.31. The summed E-state index contributed by atoms with van der Waals surface area (Å²) in [5.74, 6) is 1.50. The van der Waals surface area contributed by atoms with Crippen molar-refractivity contribution in [1.82, 2.24) is 20.0 Å². The van der Waals surface area contributed by atoms with E-state index in [9.17, 15) is 5.11 Å². The lowest BCUT2D eigenvalue weighted by Crippen LogP contribution is -2.43. The highest BCUT2D eigenvalue weighted by Crippen LogP contribution is 2.26. The molecular weight excluding hydrogens is 430 g/mol. The molecule has 34 heavy (non-hydrogen) atoms. The van der Waals surface area contributed by atoms with Crippen LogP contribution in [0, 0.1) is 0 Å². The van der Waals surface area contributed by atoms with E-state index in [-0.39, 0.29) is 0 Å². The summed E-state index contributed by atoms with van der Waals surface area (Å²) in [6.07, 6.45) is 2.24. The average molecular weight is 462 g/mol. The fourth-order valence-electron chi connectivity index (χ4n) is 4.57. The summed E-state index contributed by atoms with van der Waals surface area (Å²) in [7, 11) is 0. The van der Waals surface area contributed by atoms with Crippen LogP contribution in [-0.4, -0.2) is 70.7 Å². The van der Waals surface area contributed by atoms with E-state index >= 15 is 0 Å². The molecule has 0 unspecified atom stereocenters. The Hall–Kier alpha value is -3.04. The van der Waals surface area contributed by atoms with Crippen LogP contribution in [0.4, 0.5) is 11.5 Å². The Morgan fingerprint density at radius 2 is 1.85 bits per heavy atom. The van der Waals surface area contributed by atoms with Crippen LogP contribution in [0.25, 0.3) is 0 Å². The van der Waals surface area contributed by atoms with Gasteiger partial charge in [-0.2, -0.15) is 5.10 Å². The maximum atomic E-state index is 10.8. The largest absolute Gasteiger partial charge is 0.492 e. The van der Waals surface area contributed by atoms with Crippen molar-refractivity contribution < 1.29 is 14.6 Å². The molecule has 1 aromatic heterocycles. The van der Waals surface area contributed by atoms with Crippen molar-refractivity contribution in [2.75, 3.05) is 44.8 Å². The molecule has 0 bridgehead atoms. The number of nitrogens with zero attached hydrogens (tertiary/aromatic N) is 4. The Morgan fingerprint density at radius 3 is 2.74 bits per heavy atom. The molecule has 8 heteroatoms. The van der Waals surface area contributed by atoms with E-state index < -0.39 is 6.10 Å². The molecule has 2 aromatic carbocycles. The molecule has 178 valence electrons. The molecule has 0 spiro atoms. The van der Waals surface area contributed by atoms with E-state index in [0.29, 0.717) is 45.4 Å². The van der Waals surface area contributed by atoms with Gasteiger partial charge in [-0.15, -0.1) is 5.10 Å². The predicted octanol–water partition coefficient (Wildman–Crippen LogP) is 2.81. The third-order valence-electron chi connectivity index (χ3n) is 6.25. The van der Waals surface area contributed by atoms with Crippen molar-refractivity contribution in [3.63, 3.8) is 0 Å². The Morgan fingerprint density at radius 1 is 0.971 bits per heavy atom. The van der Waals surface area contributed by atoms with Crippen LogP contribution in [0.3, 0.4) is 0 Å². The van der Waals surface area contributed by atoms with E-state index in [2.05, 4.69) is 49.6 Å². The topological polar surface area (TPSA) is 83.0 Å². The highest BCUT2D eigenvalue weighted by Gasteiger charge is 2.21. The van der Waals surface area contributed by atoms with Gasteiger partial charge in [0.15, 0.2) is 5.82 Å². The van der Waals surface area contributed by atoms with Gasteiger partial charge in [-0.05, 0) is 47.9 Å². The van der Waals surface area contributed by atoms with Gasteiger partial charge in [0.25, 0.3) is 0 Å². The number of benzene rings is 2. The zero-order chi connectivity index (χ0) is 23.2. The first-order valence-electron chi connectivity index (χ1n) is 11.8. The molecule has 8 nitrogen and oxygen atoms in total. The van der Waals surface area contributed by atoms with Gasteiger partial charge < -0.3 is 19.9 Å². The van der Waals surface area contributed by atoms with E-state index in [1.165, 1.54) is 11.1 Å². The second-order valence-electron chi connectivity index (χ2n) is 8.87. The van der Waals surface area contributed by atoms with E-state index in [4.69, 9.17) is 9.47 Å². The highest BCUT2D eigenvalue weighted by molar-refractivity contribution is 5.58. The first kappa shape index (κ1) is 22.7. The van der Waals surface area contributed by atoms with Crippen molar-refractivity contribution in [2.45, 2.75) is 25.7 Å². The van der Waals surface area contributed by atoms with Crippen molar-refractivity contribution in [3.8, 4) is 5.75 Å². The summed E-state index contributed by atoms with van der Waals surface area (Å²) in [5, 5.41) is 22.0. The van der Waals surface area contributed by atoms with Gasteiger partial charge >= 0.3 is 0 Å². The number of β-amino-alcohol motifs (C(OH)–C–C–N with tert-alkyl or cyclic N) is 1. The van der Waals surface area contributed by atoms with Crippen molar-refractivity contribution in [3.05, 3.63) is 77.5 Å². The summed E-state index contributed by atoms with van der Waals surface area (Å²) >= 11 is 0. The van der Waals surface area contributed by atoms with Gasteiger partial charge in [0.1, 0.15) is 12.4 Å². The molecule has 3 heterocycles. The number of hydrogen-bond donors (Lipinski definition) is 2. The van der Waals surface area contributed by atoms with Gasteiger partial charge in [-0.25, -0.2) is 0 Å². The molecule has 1 atom stereocenters. The number of aliphatic hydroxyl groups is 1. The maximum Gasteiger partial charge on any atom is 0.153 e. The Balaban J connectivity index is 1.13. The predicted molar refractivity (Wildman–Crippen MR) is 130 cm³/mol. The number of aliphatic hydroxyl groups excluding tert-OH is 1. The number of anilines is 2. The standard InChI is InChI=1S/C26H31N5O3/c32-24(16-30-11-9-20-4-1-2-5-21(20)15-30)17-31-12-13-34-25-8-7-23(14-22(25)18-33-19-31)28-26-6-3-10-27-29-26/h1-8,10,14,24,32H,9,11-13,15-19H2,(H,28,29)/t24-/m1/s1. The van der Waals surface area contributed by atoms with Crippen molar-refractivity contribution in [1.29, 1.82) is 0 Å². The minimum Gasteiger partial charge on any atom is -0.492 e. The minimum absolute atomic E-state index is 0.431. The van der Waals surface area contributed by atoms with E-state index in [0.717, 1.165) is 36.5 Å². The molecule has 2 aliphatic rings. The van der Waals surface area contributed by atoms with Gasteiger partial charge in [0.2, 0.25) is 0 Å². The molecule has 0 fully saturated rings. The number of hydrogen-bond acceptors (Lipinski definition) is 8. The zero-order valence-electron chi connectivity index (χ0n) is 19.3. The fraction of sp³-hybridized carbons (Fsp3) is 0.385. The lowest BCUT2D eigenvalue weighted by atomic mass is 10.00. The molecular formula is C26H31N5O3. The number of fused-ring (bicyclic) bond motifs is 2. The van der Waals surface area contributed by atoms with Crippen LogP contribution in [-0.2, 0) is 24.3 Å². The lowest BCUT2D eigenvalue weighted by molar-refractivity contribution is -0.0118. The summed E-state index contributed by atoms with van der Waals surface area (Å²) in [6.45, 7) is 5.20. The van der Waals surface area contributed by atoms with Crippen molar-refractivity contribution >= 4 is 11.5 Å². The molecule has 0 aliphatic carbocycles. The number of ether oxygens (including phenoxy) is 2. The number of rotatable bonds is 6. The quantitative estimate of drug-likeness (QED) is 0.580. The summed E-state index contributed by atoms with van der Waals surface area (Å²) in [6, 6.07) is 18.2. The van der Waals surface area contributed by atoms with Crippen molar-refractivity contribution in [2.24, 2.45) is 0 Å². The molecule has 0 amide bonds. The third kappa shape index (κ3) is 5.90. The van der Waals surface area contributed by atoms with Crippen LogP contribution in [0.15, 0.2) is 60.8 Å².